The Balaban J connectivity index is 2.54. The normalized spacial score (nSPS) is 25.6. The molecule has 4 nitrogen and oxygen atoms in total. The van der Waals surface area contributed by atoms with Gasteiger partial charge in [-0.1, -0.05) is 13.8 Å². The Labute approximate surface area is 85.6 Å². The van der Waals surface area contributed by atoms with Crippen molar-refractivity contribution in [2.45, 2.75) is 26.4 Å². The van der Waals surface area contributed by atoms with Crippen molar-refractivity contribution >= 4 is 6.09 Å². The third kappa shape index (κ3) is 2.61. The number of carbonyl (C=O) groups is 1. The van der Waals surface area contributed by atoms with Gasteiger partial charge in [-0.25, -0.2) is 4.79 Å². The Bertz CT molecular complexity index is 214. The highest BCUT2D eigenvalue weighted by molar-refractivity contribution is 5.67. The summed E-state index contributed by atoms with van der Waals surface area (Å²) in [6, 6.07) is 0. The number of ether oxygens (including phenoxy) is 1. The van der Waals surface area contributed by atoms with Crippen LogP contribution in [0.5, 0.6) is 0 Å². The van der Waals surface area contributed by atoms with Crippen LogP contribution in [-0.2, 0) is 4.74 Å². The minimum Gasteiger partial charge on any atom is -0.445 e. The Morgan fingerprint density at radius 3 is 2.64 bits per heavy atom. The number of carbonyl (C=O) groups excluding carboxylic acids is 1. The van der Waals surface area contributed by atoms with E-state index < -0.39 is 0 Å². The Morgan fingerprint density at radius 2 is 2.14 bits per heavy atom. The van der Waals surface area contributed by atoms with Crippen LogP contribution in [0.1, 0.15) is 20.3 Å². The molecule has 14 heavy (non-hydrogen) atoms. The van der Waals surface area contributed by atoms with Crippen molar-refractivity contribution in [3.63, 3.8) is 0 Å². The van der Waals surface area contributed by atoms with E-state index in [2.05, 4.69) is 19.2 Å². The number of hydrogen-bond donors (Lipinski definition) is 1. The molecule has 0 aromatic carbocycles. The number of nitrogens with zero attached hydrogens (tertiary/aromatic N) is 1. The highest BCUT2D eigenvalue weighted by Gasteiger charge is 2.35. The van der Waals surface area contributed by atoms with Gasteiger partial charge in [-0.2, -0.15) is 0 Å². The maximum atomic E-state index is 11.4. The number of piperidine rings is 1. The second-order valence-corrected chi connectivity index (χ2v) is 4.72. The van der Waals surface area contributed by atoms with E-state index in [9.17, 15) is 4.79 Å². The maximum absolute atomic E-state index is 11.4. The van der Waals surface area contributed by atoms with Crippen LogP contribution in [0.3, 0.4) is 0 Å². The van der Waals surface area contributed by atoms with E-state index in [1.165, 1.54) is 4.90 Å². The lowest BCUT2D eigenvalue weighted by molar-refractivity contribution is -0.00819. The van der Waals surface area contributed by atoms with Gasteiger partial charge in [0.1, 0.15) is 6.10 Å². The van der Waals surface area contributed by atoms with Crippen molar-refractivity contribution in [1.29, 1.82) is 0 Å². The molecule has 1 N–H and O–H groups in total. The summed E-state index contributed by atoms with van der Waals surface area (Å²) in [5, 5.41) is 3.30. The van der Waals surface area contributed by atoms with Crippen LogP contribution in [0.4, 0.5) is 4.79 Å². The first-order valence-corrected chi connectivity index (χ1v) is 5.02. The van der Waals surface area contributed by atoms with Gasteiger partial charge >= 0.3 is 6.09 Å². The van der Waals surface area contributed by atoms with Crippen molar-refractivity contribution in [2.75, 3.05) is 27.2 Å². The predicted octanol–water partition coefficient (Wildman–Crippen LogP) is 1.07. The van der Waals surface area contributed by atoms with Gasteiger partial charge in [-0.05, 0) is 13.0 Å². The first kappa shape index (κ1) is 11.3. The van der Waals surface area contributed by atoms with Crippen LogP contribution in [0.2, 0.25) is 0 Å². The van der Waals surface area contributed by atoms with E-state index in [1.54, 1.807) is 14.1 Å². The molecule has 1 amide bonds. The summed E-state index contributed by atoms with van der Waals surface area (Å²) in [6.45, 7) is 6.06. The summed E-state index contributed by atoms with van der Waals surface area (Å²) in [7, 11) is 3.41. The zero-order valence-electron chi connectivity index (χ0n) is 9.46. The molecule has 82 valence electrons. The molecule has 1 heterocycles. The summed E-state index contributed by atoms with van der Waals surface area (Å²) < 4.78 is 5.42. The van der Waals surface area contributed by atoms with Crippen LogP contribution in [-0.4, -0.2) is 44.3 Å². The molecule has 1 fully saturated rings. The molecule has 1 saturated heterocycles. The van der Waals surface area contributed by atoms with Gasteiger partial charge in [0.2, 0.25) is 0 Å². The quantitative estimate of drug-likeness (QED) is 0.688. The fourth-order valence-corrected chi connectivity index (χ4v) is 1.59. The van der Waals surface area contributed by atoms with E-state index in [-0.39, 0.29) is 17.6 Å². The van der Waals surface area contributed by atoms with Crippen LogP contribution < -0.4 is 5.32 Å². The molecule has 1 unspecified atom stereocenters. The number of hydrogen-bond acceptors (Lipinski definition) is 3. The van der Waals surface area contributed by atoms with E-state index in [0.717, 1.165) is 19.5 Å². The second-order valence-electron chi connectivity index (χ2n) is 4.72. The average molecular weight is 200 g/mol. The molecule has 0 aliphatic carbocycles. The van der Waals surface area contributed by atoms with Crippen LogP contribution in [0.15, 0.2) is 0 Å². The molecule has 0 aromatic heterocycles. The summed E-state index contributed by atoms with van der Waals surface area (Å²) in [4.78, 5) is 12.9. The summed E-state index contributed by atoms with van der Waals surface area (Å²) in [5.74, 6) is 0. The molecule has 0 spiro atoms. The van der Waals surface area contributed by atoms with Crippen molar-refractivity contribution in [3.05, 3.63) is 0 Å². The SMILES string of the molecule is CN(C)C(=O)OC1CCNCC1(C)C. The average Bonchev–Trinajstić information content (AvgIpc) is 2.08. The van der Waals surface area contributed by atoms with Gasteiger partial charge in [0.15, 0.2) is 0 Å². The lowest BCUT2D eigenvalue weighted by Gasteiger charge is -2.38. The minimum atomic E-state index is -0.245. The van der Waals surface area contributed by atoms with Crippen LogP contribution >= 0.6 is 0 Å². The van der Waals surface area contributed by atoms with Gasteiger partial charge in [-0.15, -0.1) is 0 Å². The Morgan fingerprint density at radius 1 is 1.50 bits per heavy atom. The molecule has 0 bridgehead atoms. The fourth-order valence-electron chi connectivity index (χ4n) is 1.59. The van der Waals surface area contributed by atoms with Crippen LogP contribution in [0.25, 0.3) is 0 Å². The number of nitrogens with one attached hydrogen (secondary N) is 1. The van der Waals surface area contributed by atoms with E-state index in [0.29, 0.717) is 0 Å². The summed E-state index contributed by atoms with van der Waals surface area (Å²) in [6.07, 6.45) is 0.677. The maximum Gasteiger partial charge on any atom is 0.409 e. The zero-order valence-corrected chi connectivity index (χ0v) is 9.46. The van der Waals surface area contributed by atoms with E-state index in [4.69, 9.17) is 4.74 Å². The highest BCUT2D eigenvalue weighted by Crippen LogP contribution is 2.28. The van der Waals surface area contributed by atoms with Gasteiger partial charge in [0.25, 0.3) is 0 Å². The van der Waals surface area contributed by atoms with Gasteiger partial charge < -0.3 is 15.0 Å². The lowest BCUT2D eigenvalue weighted by atomic mass is 9.82. The molecular formula is C10H20N2O2. The van der Waals surface area contributed by atoms with Crippen molar-refractivity contribution < 1.29 is 9.53 Å². The molecule has 0 aromatic rings. The van der Waals surface area contributed by atoms with Gasteiger partial charge in [0, 0.05) is 26.1 Å². The predicted molar refractivity (Wildman–Crippen MR) is 55.2 cm³/mol. The molecule has 1 aliphatic rings. The third-order valence-electron chi connectivity index (χ3n) is 2.64. The fraction of sp³-hybridized carbons (Fsp3) is 0.900. The monoisotopic (exact) mass is 200 g/mol. The number of amides is 1. The van der Waals surface area contributed by atoms with Crippen molar-refractivity contribution in [3.8, 4) is 0 Å². The van der Waals surface area contributed by atoms with E-state index in [1.807, 2.05) is 0 Å². The molecule has 1 rings (SSSR count). The van der Waals surface area contributed by atoms with Crippen molar-refractivity contribution in [2.24, 2.45) is 5.41 Å². The smallest absolute Gasteiger partial charge is 0.409 e. The molecule has 1 aliphatic heterocycles. The largest absolute Gasteiger partial charge is 0.445 e. The van der Waals surface area contributed by atoms with E-state index >= 15 is 0 Å². The summed E-state index contributed by atoms with van der Waals surface area (Å²) in [5.41, 5.74) is 0.0317. The summed E-state index contributed by atoms with van der Waals surface area (Å²) >= 11 is 0. The standard InChI is InChI=1S/C10H20N2O2/c1-10(2)7-11-6-5-8(10)14-9(13)12(3)4/h8,11H,5-7H2,1-4H3. The Kier molecular flexibility index (Phi) is 3.37. The van der Waals surface area contributed by atoms with Gasteiger partial charge in [0.05, 0.1) is 0 Å². The topological polar surface area (TPSA) is 41.6 Å². The first-order valence-electron chi connectivity index (χ1n) is 5.02. The minimum absolute atomic E-state index is 0.0265. The lowest BCUT2D eigenvalue weighted by Crippen LogP contribution is -2.49. The zero-order chi connectivity index (χ0) is 10.8. The van der Waals surface area contributed by atoms with Gasteiger partial charge in [-0.3, -0.25) is 0 Å². The van der Waals surface area contributed by atoms with Crippen molar-refractivity contribution in [1.82, 2.24) is 10.2 Å². The third-order valence-corrected chi connectivity index (χ3v) is 2.64. The highest BCUT2D eigenvalue weighted by atomic mass is 16.6. The molecule has 1 atom stereocenters. The molecule has 0 radical (unpaired) electrons. The first-order chi connectivity index (χ1) is 6.43. The van der Waals surface area contributed by atoms with Crippen LogP contribution in [0, 0.1) is 5.41 Å². The molecule has 4 heteroatoms. The molecule has 0 saturated carbocycles. The number of rotatable bonds is 1. The Hall–Kier alpha value is -0.770. The second kappa shape index (κ2) is 4.17. The molecular weight excluding hydrogens is 180 g/mol.